The maximum Gasteiger partial charge on any atom is 0.231 e. The molecule has 0 aliphatic heterocycles. The third kappa shape index (κ3) is 3.81. The third-order valence-corrected chi connectivity index (χ3v) is 2.57. The Balaban J connectivity index is 2.01. The van der Waals surface area contributed by atoms with Gasteiger partial charge < -0.3 is 20.1 Å². The molecule has 20 heavy (non-hydrogen) atoms. The molecule has 8 heteroatoms. The van der Waals surface area contributed by atoms with Crippen molar-refractivity contribution in [2.45, 2.75) is 13.5 Å². The van der Waals surface area contributed by atoms with Crippen LogP contribution in [0, 0.1) is 0 Å². The summed E-state index contributed by atoms with van der Waals surface area (Å²) in [6, 6.07) is 0. The van der Waals surface area contributed by atoms with E-state index in [9.17, 15) is 0 Å². The monoisotopic (exact) mass is 276 g/mol. The van der Waals surface area contributed by atoms with Gasteiger partial charge in [0.25, 0.3) is 0 Å². The molecule has 0 saturated carbocycles. The molecule has 2 N–H and O–H groups in total. The Hall–Kier alpha value is -2.38. The topological polar surface area (TPSA) is 83.8 Å². The minimum Gasteiger partial charge on any atom is -0.354 e. The first-order valence-corrected chi connectivity index (χ1v) is 6.56. The van der Waals surface area contributed by atoms with Crippen LogP contribution in [0.15, 0.2) is 18.7 Å². The van der Waals surface area contributed by atoms with Gasteiger partial charge in [0.2, 0.25) is 17.8 Å². The summed E-state index contributed by atoms with van der Waals surface area (Å²) in [7, 11) is 3.81. The van der Waals surface area contributed by atoms with Crippen LogP contribution in [0.5, 0.6) is 0 Å². The van der Waals surface area contributed by atoms with Gasteiger partial charge in [0.15, 0.2) is 0 Å². The predicted octanol–water partition coefficient (Wildman–Crippen LogP) is 0.678. The van der Waals surface area contributed by atoms with Gasteiger partial charge in [-0.15, -0.1) is 0 Å². The number of hydrogen-bond acceptors (Lipinski definition) is 7. The Morgan fingerprint density at radius 2 is 1.90 bits per heavy atom. The molecule has 0 fully saturated rings. The molecule has 0 aliphatic carbocycles. The fourth-order valence-corrected chi connectivity index (χ4v) is 1.60. The fourth-order valence-electron chi connectivity index (χ4n) is 1.60. The summed E-state index contributed by atoms with van der Waals surface area (Å²) in [4.78, 5) is 18.9. The zero-order valence-electron chi connectivity index (χ0n) is 12.0. The molecule has 0 aromatic carbocycles. The summed E-state index contributed by atoms with van der Waals surface area (Å²) < 4.78 is 1.99. The fraction of sp³-hybridized carbons (Fsp3) is 0.500. The Kier molecular flexibility index (Phi) is 4.70. The molecule has 0 spiro atoms. The van der Waals surface area contributed by atoms with Crippen LogP contribution in [-0.2, 0) is 6.54 Å². The van der Waals surface area contributed by atoms with Gasteiger partial charge >= 0.3 is 0 Å². The molecule has 0 bridgehead atoms. The lowest BCUT2D eigenvalue weighted by Gasteiger charge is -2.13. The number of hydrogen-bond donors (Lipinski definition) is 2. The number of anilines is 3. The van der Waals surface area contributed by atoms with Crippen molar-refractivity contribution in [3.05, 3.63) is 18.7 Å². The van der Waals surface area contributed by atoms with E-state index in [1.165, 1.54) is 0 Å². The van der Waals surface area contributed by atoms with E-state index >= 15 is 0 Å². The molecular weight excluding hydrogens is 256 g/mol. The van der Waals surface area contributed by atoms with E-state index in [1.54, 1.807) is 12.5 Å². The summed E-state index contributed by atoms with van der Waals surface area (Å²) in [6.45, 7) is 4.30. The van der Waals surface area contributed by atoms with Crippen molar-refractivity contribution >= 4 is 17.8 Å². The molecule has 2 rings (SSSR count). The van der Waals surface area contributed by atoms with Crippen molar-refractivity contribution in [1.82, 2.24) is 24.5 Å². The Morgan fingerprint density at radius 1 is 1.15 bits per heavy atom. The van der Waals surface area contributed by atoms with Crippen molar-refractivity contribution in [3.63, 3.8) is 0 Å². The lowest BCUT2D eigenvalue weighted by molar-refractivity contribution is 0.722. The maximum absolute atomic E-state index is 4.36. The van der Waals surface area contributed by atoms with Crippen LogP contribution in [0.3, 0.4) is 0 Å². The highest BCUT2D eigenvalue weighted by Crippen LogP contribution is 2.11. The molecule has 108 valence electrons. The zero-order chi connectivity index (χ0) is 14.4. The summed E-state index contributed by atoms with van der Waals surface area (Å²) in [5, 5.41) is 6.30. The minimum absolute atomic E-state index is 0.569. The molecular formula is C12H20N8. The van der Waals surface area contributed by atoms with E-state index in [0.717, 1.165) is 19.6 Å². The van der Waals surface area contributed by atoms with Gasteiger partial charge in [0, 0.05) is 46.1 Å². The Labute approximate surface area is 118 Å². The Morgan fingerprint density at radius 3 is 2.50 bits per heavy atom. The van der Waals surface area contributed by atoms with Crippen molar-refractivity contribution in [2.75, 3.05) is 42.7 Å². The number of rotatable bonds is 7. The average molecular weight is 276 g/mol. The molecule has 0 radical (unpaired) electrons. The largest absolute Gasteiger partial charge is 0.354 e. The first-order chi connectivity index (χ1) is 9.69. The van der Waals surface area contributed by atoms with Crippen LogP contribution < -0.4 is 15.5 Å². The van der Waals surface area contributed by atoms with Gasteiger partial charge in [0.05, 0.1) is 6.33 Å². The standard InChI is InChI=1S/C12H20N8/c1-4-14-10-16-11(18-12(17-10)19(2)3)15-6-8-20-7-5-13-9-20/h5,7,9H,4,6,8H2,1-3H3,(H2,14,15,16,17,18). The van der Waals surface area contributed by atoms with Crippen molar-refractivity contribution in [3.8, 4) is 0 Å². The van der Waals surface area contributed by atoms with Crippen LogP contribution in [0.1, 0.15) is 6.92 Å². The predicted molar refractivity (Wildman–Crippen MR) is 79.0 cm³/mol. The van der Waals surface area contributed by atoms with Crippen LogP contribution in [-0.4, -0.2) is 51.7 Å². The summed E-state index contributed by atoms with van der Waals surface area (Å²) in [6.07, 6.45) is 5.46. The second-order valence-corrected chi connectivity index (χ2v) is 4.43. The molecule has 8 nitrogen and oxygen atoms in total. The van der Waals surface area contributed by atoms with Gasteiger partial charge in [-0.25, -0.2) is 4.98 Å². The molecule has 0 saturated heterocycles. The van der Waals surface area contributed by atoms with E-state index < -0.39 is 0 Å². The average Bonchev–Trinajstić information content (AvgIpc) is 2.92. The second kappa shape index (κ2) is 6.69. The van der Waals surface area contributed by atoms with Crippen molar-refractivity contribution in [1.29, 1.82) is 0 Å². The van der Waals surface area contributed by atoms with Gasteiger partial charge in [-0.1, -0.05) is 0 Å². The van der Waals surface area contributed by atoms with Gasteiger partial charge in [-0.05, 0) is 6.92 Å². The van der Waals surface area contributed by atoms with E-state index in [0.29, 0.717) is 17.8 Å². The molecule has 0 aliphatic rings. The highest BCUT2D eigenvalue weighted by Gasteiger charge is 2.07. The Bertz CT molecular complexity index is 522. The zero-order valence-corrected chi connectivity index (χ0v) is 12.0. The number of nitrogens with one attached hydrogen (secondary N) is 2. The lowest BCUT2D eigenvalue weighted by Crippen LogP contribution is -2.18. The van der Waals surface area contributed by atoms with Crippen LogP contribution >= 0.6 is 0 Å². The maximum atomic E-state index is 4.36. The smallest absolute Gasteiger partial charge is 0.231 e. The minimum atomic E-state index is 0.569. The molecule has 0 unspecified atom stereocenters. The summed E-state index contributed by atoms with van der Waals surface area (Å²) in [5.74, 6) is 1.78. The lowest BCUT2D eigenvalue weighted by atomic mass is 10.6. The molecule has 0 amide bonds. The van der Waals surface area contributed by atoms with Crippen LogP contribution in [0.4, 0.5) is 17.8 Å². The van der Waals surface area contributed by atoms with Gasteiger partial charge in [-0.2, -0.15) is 15.0 Å². The van der Waals surface area contributed by atoms with Crippen LogP contribution in [0.2, 0.25) is 0 Å². The molecule has 2 aromatic rings. The van der Waals surface area contributed by atoms with E-state index in [-0.39, 0.29) is 0 Å². The van der Waals surface area contributed by atoms with Gasteiger partial charge in [-0.3, -0.25) is 0 Å². The van der Waals surface area contributed by atoms with Crippen molar-refractivity contribution < 1.29 is 0 Å². The quantitative estimate of drug-likeness (QED) is 0.769. The van der Waals surface area contributed by atoms with E-state index in [2.05, 4.69) is 30.6 Å². The van der Waals surface area contributed by atoms with Crippen molar-refractivity contribution in [2.24, 2.45) is 0 Å². The molecule has 0 atom stereocenters. The van der Waals surface area contributed by atoms with E-state index in [1.807, 2.05) is 36.7 Å². The highest BCUT2D eigenvalue weighted by molar-refractivity contribution is 5.42. The molecule has 2 aromatic heterocycles. The second-order valence-electron chi connectivity index (χ2n) is 4.43. The van der Waals surface area contributed by atoms with E-state index in [4.69, 9.17) is 0 Å². The number of imidazole rings is 1. The summed E-state index contributed by atoms with van der Waals surface area (Å²) >= 11 is 0. The summed E-state index contributed by atoms with van der Waals surface area (Å²) in [5.41, 5.74) is 0. The SMILES string of the molecule is CCNc1nc(NCCn2ccnc2)nc(N(C)C)n1. The number of nitrogens with zero attached hydrogens (tertiary/aromatic N) is 6. The first kappa shape index (κ1) is 14.0. The van der Waals surface area contributed by atoms with Gasteiger partial charge in [0.1, 0.15) is 0 Å². The van der Waals surface area contributed by atoms with Crippen LogP contribution in [0.25, 0.3) is 0 Å². The molecule has 2 heterocycles. The highest BCUT2D eigenvalue weighted by atomic mass is 15.3. The normalized spacial score (nSPS) is 10.3. The number of aromatic nitrogens is 5. The first-order valence-electron chi connectivity index (χ1n) is 6.56. The third-order valence-electron chi connectivity index (χ3n) is 2.57.